The van der Waals surface area contributed by atoms with E-state index in [0.717, 1.165) is 34.0 Å². The second-order valence-corrected chi connectivity index (χ2v) is 8.74. The Balaban J connectivity index is 1.78. The number of aromatic nitrogens is 1. The molecule has 1 heterocycles. The molecule has 146 valence electrons. The Hall–Kier alpha value is -2.85. The van der Waals surface area contributed by atoms with E-state index >= 15 is 0 Å². The van der Waals surface area contributed by atoms with Crippen LogP contribution in [0.3, 0.4) is 0 Å². The van der Waals surface area contributed by atoms with Crippen molar-refractivity contribution >= 4 is 38.1 Å². The molecular weight excluding hydrogens is 408 g/mol. The van der Waals surface area contributed by atoms with Gasteiger partial charge in [0.15, 0.2) is 5.13 Å². The molecule has 0 aliphatic heterocycles. The summed E-state index contributed by atoms with van der Waals surface area (Å²) in [7, 11) is -1.92. The van der Waals surface area contributed by atoms with Crippen LogP contribution in [0.2, 0.25) is 0 Å². The minimum atomic E-state index is -3.37. The van der Waals surface area contributed by atoms with E-state index in [0.29, 0.717) is 16.9 Å². The third-order valence-electron chi connectivity index (χ3n) is 3.94. The Morgan fingerprint density at radius 1 is 1.11 bits per heavy atom. The largest absolute Gasteiger partial charge is 0.298 e. The molecule has 0 aliphatic rings. The van der Waals surface area contributed by atoms with Crippen LogP contribution >= 0.6 is 11.3 Å². The van der Waals surface area contributed by atoms with Crippen molar-refractivity contribution in [3.05, 3.63) is 65.0 Å². The van der Waals surface area contributed by atoms with Crippen molar-refractivity contribution in [2.75, 3.05) is 22.9 Å². The van der Waals surface area contributed by atoms with Crippen molar-refractivity contribution in [3.63, 3.8) is 0 Å². The van der Waals surface area contributed by atoms with E-state index in [1.807, 2.05) is 0 Å². The highest BCUT2D eigenvalue weighted by Crippen LogP contribution is 2.27. The van der Waals surface area contributed by atoms with Gasteiger partial charge in [-0.05, 0) is 24.3 Å². The first-order valence-corrected chi connectivity index (χ1v) is 10.6. The van der Waals surface area contributed by atoms with Gasteiger partial charge < -0.3 is 0 Å². The summed E-state index contributed by atoms with van der Waals surface area (Å²) in [6, 6.07) is 9.81. The van der Waals surface area contributed by atoms with E-state index in [9.17, 15) is 22.0 Å². The highest BCUT2D eigenvalue weighted by atomic mass is 32.2. The molecule has 0 saturated carbocycles. The molecule has 0 unspecified atom stereocenters. The van der Waals surface area contributed by atoms with Crippen molar-refractivity contribution in [3.8, 4) is 11.3 Å². The number of halogens is 2. The Labute approximate surface area is 164 Å². The predicted molar refractivity (Wildman–Crippen MR) is 105 cm³/mol. The minimum Gasteiger partial charge on any atom is -0.298 e. The first-order valence-electron chi connectivity index (χ1n) is 7.92. The van der Waals surface area contributed by atoms with Gasteiger partial charge in [-0.15, -0.1) is 11.3 Å². The van der Waals surface area contributed by atoms with Crippen LogP contribution in [0.4, 0.5) is 19.6 Å². The van der Waals surface area contributed by atoms with E-state index in [-0.39, 0.29) is 5.13 Å². The van der Waals surface area contributed by atoms with Gasteiger partial charge in [0.2, 0.25) is 10.0 Å². The minimum absolute atomic E-state index is 0.181. The number of benzene rings is 2. The maximum Gasteiger partial charge on any atom is 0.263 e. The topological polar surface area (TPSA) is 79.4 Å². The van der Waals surface area contributed by atoms with E-state index < -0.39 is 33.1 Å². The molecule has 1 amide bonds. The quantitative estimate of drug-likeness (QED) is 0.678. The first kappa shape index (κ1) is 19.9. The zero-order chi connectivity index (χ0) is 20.5. The Kier molecular flexibility index (Phi) is 5.43. The molecule has 0 bridgehead atoms. The number of carbonyl (C=O) groups is 1. The molecule has 0 atom stereocenters. The number of nitrogens with one attached hydrogen (secondary N) is 1. The lowest BCUT2D eigenvalue weighted by atomic mass is 10.1. The molecule has 0 radical (unpaired) electrons. The van der Waals surface area contributed by atoms with E-state index in [1.54, 1.807) is 29.6 Å². The van der Waals surface area contributed by atoms with Crippen molar-refractivity contribution in [1.82, 2.24) is 4.98 Å². The van der Waals surface area contributed by atoms with Crippen LogP contribution in [-0.2, 0) is 10.0 Å². The van der Waals surface area contributed by atoms with Crippen LogP contribution in [0.25, 0.3) is 11.3 Å². The lowest BCUT2D eigenvalue weighted by Gasteiger charge is -2.16. The standard InChI is InChI=1S/C18H15F2N3O3S2/c1-23(28(2,25)26)12-8-6-11(7-9-12)15-10-27-18(21-15)22-17(24)16-13(19)4-3-5-14(16)20/h3-10H,1-2H3,(H,21,22,24). The van der Waals surface area contributed by atoms with Crippen molar-refractivity contribution < 1.29 is 22.0 Å². The van der Waals surface area contributed by atoms with Crippen LogP contribution in [-0.4, -0.2) is 32.6 Å². The van der Waals surface area contributed by atoms with Gasteiger partial charge in [-0.2, -0.15) is 0 Å². The van der Waals surface area contributed by atoms with Gasteiger partial charge in [0.1, 0.15) is 17.2 Å². The van der Waals surface area contributed by atoms with Gasteiger partial charge in [-0.1, -0.05) is 18.2 Å². The Morgan fingerprint density at radius 2 is 1.71 bits per heavy atom. The normalized spacial score (nSPS) is 11.3. The first-order chi connectivity index (χ1) is 13.2. The molecule has 2 aromatic carbocycles. The molecule has 1 aromatic heterocycles. The van der Waals surface area contributed by atoms with Crippen molar-refractivity contribution in [2.45, 2.75) is 0 Å². The monoisotopic (exact) mass is 423 g/mol. The lowest BCUT2D eigenvalue weighted by molar-refractivity contribution is 0.101. The van der Waals surface area contributed by atoms with Gasteiger partial charge in [-0.3, -0.25) is 14.4 Å². The molecule has 0 fully saturated rings. The van der Waals surface area contributed by atoms with Gasteiger partial charge >= 0.3 is 0 Å². The maximum absolute atomic E-state index is 13.7. The molecule has 0 spiro atoms. The van der Waals surface area contributed by atoms with Crippen molar-refractivity contribution in [1.29, 1.82) is 0 Å². The summed E-state index contributed by atoms with van der Waals surface area (Å²) in [5.74, 6) is -2.85. The molecule has 28 heavy (non-hydrogen) atoms. The number of thiazole rings is 1. The SMILES string of the molecule is CN(c1ccc(-c2csc(NC(=O)c3c(F)cccc3F)n2)cc1)S(C)(=O)=O. The van der Waals surface area contributed by atoms with Crippen LogP contribution in [0.1, 0.15) is 10.4 Å². The summed E-state index contributed by atoms with van der Waals surface area (Å²) >= 11 is 1.10. The van der Waals surface area contributed by atoms with E-state index in [1.165, 1.54) is 13.1 Å². The number of hydrogen-bond acceptors (Lipinski definition) is 5. The molecular formula is C18H15F2N3O3S2. The molecule has 0 saturated heterocycles. The number of carbonyl (C=O) groups excluding carboxylic acids is 1. The lowest BCUT2D eigenvalue weighted by Crippen LogP contribution is -2.24. The van der Waals surface area contributed by atoms with Crippen molar-refractivity contribution in [2.24, 2.45) is 0 Å². The van der Waals surface area contributed by atoms with E-state index in [2.05, 4.69) is 10.3 Å². The molecule has 0 aliphatic carbocycles. The molecule has 10 heteroatoms. The fourth-order valence-corrected chi connectivity index (χ4v) is 3.59. The van der Waals surface area contributed by atoms with Crippen LogP contribution in [0.15, 0.2) is 47.8 Å². The Morgan fingerprint density at radius 3 is 2.29 bits per heavy atom. The zero-order valence-electron chi connectivity index (χ0n) is 14.8. The van der Waals surface area contributed by atoms with Gasteiger partial charge in [0.25, 0.3) is 5.91 Å². The molecule has 3 rings (SSSR count). The highest BCUT2D eigenvalue weighted by Gasteiger charge is 2.18. The van der Waals surface area contributed by atoms with E-state index in [4.69, 9.17) is 0 Å². The predicted octanol–water partition coefficient (Wildman–Crippen LogP) is 3.74. The summed E-state index contributed by atoms with van der Waals surface area (Å²) in [5, 5.41) is 4.23. The highest BCUT2D eigenvalue weighted by molar-refractivity contribution is 7.92. The van der Waals surface area contributed by atoms with Crippen LogP contribution < -0.4 is 9.62 Å². The number of anilines is 2. The van der Waals surface area contributed by atoms with Gasteiger partial charge in [0, 0.05) is 18.0 Å². The second-order valence-electron chi connectivity index (χ2n) is 5.87. The number of nitrogens with zero attached hydrogens (tertiary/aromatic N) is 2. The molecule has 1 N–H and O–H groups in total. The smallest absolute Gasteiger partial charge is 0.263 e. The number of rotatable bonds is 5. The summed E-state index contributed by atoms with van der Waals surface area (Å²) in [5.41, 5.74) is 1.04. The number of sulfonamides is 1. The van der Waals surface area contributed by atoms with Gasteiger partial charge in [-0.25, -0.2) is 22.2 Å². The van der Waals surface area contributed by atoms with Crippen LogP contribution in [0, 0.1) is 11.6 Å². The van der Waals surface area contributed by atoms with Gasteiger partial charge in [0.05, 0.1) is 17.6 Å². The fraction of sp³-hybridized carbons (Fsp3) is 0.111. The average Bonchev–Trinajstić information content (AvgIpc) is 3.08. The fourth-order valence-electron chi connectivity index (χ4n) is 2.37. The summed E-state index contributed by atoms with van der Waals surface area (Å²) in [6.07, 6.45) is 1.11. The molecule has 6 nitrogen and oxygen atoms in total. The van der Waals surface area contributed by atoms with Crippen LogP contribution in [0.5, 0.6) is 0 Å². The third kappa shape index (κ3) is 4.18. The third-order valence-corrected chi connectivity index (χ3v) is 5.90. The number of hydrogen-bond donors (Lipinski definition) is 1. The zero-order valence-corrected chi connectivity index (χ0v) is 16.4. The molecule has 3 aromatic rings. The Bertz CT molecular complexity index is 1110. The average molecular weight is 423 g/mol. The number of amides is 1. The summed E-state index contributed by atoms with van der Waals surface area (Å²) in [6.45, 7) is 0. The maximum atomic E-state index is 13.7. The summed E-state index contributed by atoms with van der Waals surface area (Å²) < 4.78 is 51.7. The second kappa shape index (κ2) is 7.64. The summed E-state index contributed by atoms with van der Waals surface area (Å²) in [4.78, 5) is 16.4.